The lowest BCUT2D eigenvalue weighted by Crippen LogP contribution is -2.15. The fourth-order valence-electron chi connectivity index (χ4n) is 3.48. The van der Waals surface area contributed by atoms with Crippen LogP contribution >= 0.6 is 23.1 Å². The van der Waals surface area contributed by atoms with Gasteiger partial charge in [0.25, 0.3) is 5.56 Å². The second-order valence-electron chi connectivity index (χ2n) is 7.74. The van der Waals surface area contributed by atoms with Gasteiger partial charge in [-0.2, -0.15) is 0 Å². The Bertz CT molecular complexity index is 1410. The van der Waals surface area contributed by atoms with E-state index in [1.807, 2.05) is 19.9 Å². The summed E-state index contributed by atoms with van der Waals surface area (Å²) in [5, 5.41) is 13.6. The second-order valence-corrected chi connectivity index (χ2v) is 9.91. The molecule has 0 spiro atoms. The average Bonchev–Trinajstić information content (AvgIpc) is 3.07. The normalized spacial score (nSPS) is 11.1. The number of anilines is 1. The SMILES string of the molecule is Cc1ccc(O)c(NC(=O)CSc2nc3sc(C)c(-c4ccc(C)c(C)c4)c3c(=O)[nH]2)c1. The number of phenols is 1. The van der Waals surface area contributed by atoms with Gasteiger partial charge in [0.05, 0.1) is 16.8 Å². The van der Waals surface area contributed by atoms with Crippen molar-refractivity contribution in [1.82, 2.24) is 9.97 Å². The van der Waals surface area contributed by atoms with Gasteiger partial charge in [0, 0.05) is 10.4 Å². The Morgan fingerprint density at radius 3 is 2.66 bits per heavy atom. The average molecular weight is 466 g/mol. The molecule has 0 aliphatic heterocycles. The van der Waals surface area contributed by atoms with E-state index in [1.165, 1.54) is 28.5 Å². The number of aromatic nitrogens is 2. The third kappa shape index (κ3) is 4.42. The lowest BCUT2D eigenvalue weighted by molar-refractivity contribution is -0.113. The molecule has 2 aromatic carbocycles. The summed E-state index contributed by atoms with van der Waals surface area (Å²) in [5.41, 5.74) is 5.35. The molecule has 8 heteroatoms. The minimum absolute atomic E-state index is 0.00911. The first-order valence-electron chi connectivity index (χ1n) is 10.1. The van der Waals surface area contributed by atoms with Gasteiger partial charge >= 0.3 is 0 Å². The summed E-state index contributed by atoms with van der Waals surface area (Å²) >= 11 is 2.62. The van der Waals surface area contributed by atoms with E-state index in [4.69, 9.17) is 0 Å². The number of carbonyl (C=O) groups excluding carboxylic acids is 1. The number of phenolic OH excluding ortho intramolecular Hbond substituents is 1. The third-order valence-electron chi connectivity index (χ3n) is 5.28. The number of fused-ring (bicyclic) bond motifs is 1. The second kappa shape index (κ2) is 8.80. The van der Waals surface area contributed by atoms with E-state index < -0.39 is 0 Å². The van der Waals surface area contributed by atoms with Crippen LogP contribution in [0, 0.1) is 27.7 Å². The third-order valence-corrected chi connectivity index (χ3v) is 7.15. The number of aromatic amines is 1. The summed E-state index contributed by atoms with van der Waals surface area (Å²) in [4.78, 5) is 34.4. The number of aromatic hydroxyl groups is 1. The Labute approximate surface area is 193 Å². The predicted molar refractivity (Wildman–Crippen MR) is 132 cm³/mol. The van der Waals surface area contributed by atoms with Crippen LogP contribution in [0.4, 0.5) is 5.69 Å². The molecule has 4 aromatic rings. The molecule has 2 aromatic heterocycles. The molecular weight excluding hydrogens is 442 g/mol. The van der Waals surface area contributed by atoms with Crippen LogP contribution in [0.25, 0.3) is 21.3 Å². The summed E-state index contributed by atoms with van der Waals surface area (Å²) < 4.78 is 0. The van der Waals surface area contributed by atoms with Gasteiger partial charge < -0.3 is 15.4 Å². The van der Waals surface area contributed by atoms with Gasteiger partial charge in [-0.05, 0) is 62.1 Å². The standard InChI is InChI=1S/C24H23N3O3S2/c1-12-5-8-18(28)17(9-12)25-19(29)11-31-24-26-22(30)21-20(15(4)32-23(21)27-24)16-7-6-13(2)14(3)10-16/h5-10,28H,11H2,1-4H3,(H,25,29)(H,26,27,30). The van der Waals surface area contributed by atoms with Crippen LogP contribution in [0.3, 0.4) is 0 Å². The number of aryl methyl sites for hydroxylation is 4. The number of hydrogen-bond donors (Lipinski definition) is 3. The number of rotatable bonds is 5. The highest BCUT2D eigenvalue weighted by molar-refractivity contribution is 7.99. The number of nitrogens with one attached hydrogen (secondary N) is 2. The number of carbonyl (C=O) groups is 1. The molecule has 4 rings (SSSR count). The van der Waals surface area contributed by atoms with Crippen molar-refractivity contribution < 1.29 is 9.90 Å². The Kier molecular flexibility index (Phi) is 6.08. The molecule has 0 atom stereocenters. The molecule has 0 saturated heterocycles. The first kappa shape index (κ1) is 22.1. The Balaban J connectivity index is 1.57. The maximum absolute atomic E-state index is 12.9. The van der Waals surface area contributed by atoms with Gasteiger partial charge in [0.2, 0.25) is 5.91 Å². The van der Waals surface area contributed by atoms with Crippen molar-refractivity contribution in [2.45, 2.75) is 32.9 Å². The number of benzene rings is 2. The molecule has 0 aliphatic carbocycles. The largest absolute Gasteiger partial charge is 0.506 e. The number of H-pyrrole nitrogens is 1. The molecule has 1 amide bonds. The van der Waals surface area contributed by atoms with Gasteiger partial charge in [0.1, 0.15) is 10.6 Å². The van der Waals surface area contributed by atoms with Gasteiger partial charge in [0.15, 0.2) is 5.16 Å². The van der Waals surface area contributed by atoms with Gasteiger partial charge in [-0.3, -0.25) is 9.59 Å². The van der Waals surface area contributed by atoms with Crippen molar-refractivity contribution in [3.05, 3.63) is 68.3 Å². The fraction of sp³-hybridized carbons (Fsp3) is 0.208. The van der Waals surface area contributed by atoms with Crippen LogP contribution in [0.15, 0.2) is 46.3 Å². The summed E-state index contributed by atoms with van der Waals surface area (Å²) in [6, 6.07) is 11.2. The van der Waals surface area contributed by atoms with Crippen LogP contribution in [-0.2, 0) is 4.79 Å². The highest BCUT2D eigenvalue weighted by Crippen LogP contribution is 2.36. The molecule has 0 bridgehead atoms. The minimum atomic E-state index is -0.295. The topological polar surface area (TPSA) is 95.1 Å². The van der Waals surface area contributed by atoms with Crippen LogP contribution in [0.2, 0.25) is 0 Å². The predicted octanol–water partition coefficient (Wildman–Crippen LogP) is 5.32. The number of amides is 1. The van der Waals surface area contributed by atoms with Gasteiger partial charge in [-0.25, -0.2) is 4.98 Å². The van der Waals surface area contributed by atoms with E-state index in [0.717, 1.165) is 33.3 Å². The van der Waals surface area contributed by atoms with Crippen molar-refractivity contribution in [3.63, 3.8) is 0 Å². The highest BCUT2D eigenvalue weighted by Gasteiger charge is 2.18. The molecule has 3 N–H and O–H groups in total. The maximum Gasteiger partial charge on any atom is 0.260 e. The van der Waals surface area contributed by atoms with Crippen LogP contribution in [0.5, 0.6) is 5.75 Å². The molecule has 6 nitrogen and oxygen atoms in total. The van der Waals surface area contributed by atoms with Crippen LogP contribution < -0.4 is 10.9 Å². The molecule has 164 valence electrons. The summed E-state index contributed by atoms with van der Waals surface area (Å²) in [6.45, 7) is 7.99. The van der Waals surface area contributed by atoms with E-state index in [-0.39, 0.29) is 23.0 Å². The number of nitrogens with zero attached hydrogens (tertiary/aromatic N) is 1. The molecule has 32 heavy (non-hydrogen) atoms. The smallest absolute Gasteiger partial charge is 0.260 e. The Morgan fingerprint density at radius 1 is 1.12 bits per heavy atom. The summed E-state index contributed by atoms with van der Waals surface area (Å²) in [6.07, 6.45) is 0. The van der Waals surface area contributed by atoms with Crippen LogP contribution in [0.1, 0.15) is 21.6 Å². The number of hydrogen-bond acceptors (Lipinski definition) is 6. The molecule has 0 radical (unpaired) electrons. The maximum atomic E-state index is 12.9. The zero-order chi connectivity index (χ0) is 23.0. The van der Waals surface area contributed by atoms with Crippen molar-refractivity contribution >= 4 is 44.9 Å². The van der Waals surface area contributed by atoms with E-state index in [0.29, 0.717) is 21.1 Å². The minimum Gasteiger partial charge on any atom is -0.506 e. The van der Waals surface area contributed by atoms with E-state index >= 15 is 0 Å². The van der Waals surface area contributed by atoms with Crippen LogP contribution in [-0.4, -0.2) is 26.7 Å². The van der Waals surface area contributed by atoms with Crippen molar-refractivity contribution in [2.75, 3.05) is 11.1 Å². The van der Waals surface area contributed by atoms with E-state index in [9.17, 15) is 14.7 Å². The molecule has 0 unspecified atom stereocenters. The summed E-state index contributed by atoms with van der Waals surface area (Å²) in [7, 11) is 0. The zero-order valence-corrected chi connectivity index (χ0v) is 19.8. The summed E-state index contributed by atoms with van der Waals surface area (Å²) in [5.74, 6) is -0.234. The monoisotopic (exact) mass is 465 g/mol. The van der Waals surface area contributed by atoms with Gasteiger partial charge in [-0.1, -0.05) is 36.0 Å². The Hall–Kier alpha value is -3.10. The number of thiophene rings is 1. The van der Waals surface area contributed by atoms with Crippen molar-refractivity contribution in [1.29, 1.82) is 0 Å². The Morgan fingerprint density at radius 2 is 1.91 bits per heavy atom. The lowest BCUT2D eigenvalue weighted by atomic mass is 9.99. The lowest BCUT2D eigenvalue weighted by Gasteiger charge is -2.08. The molecule has 0 saturated carbocycles. The number of thioether (sulfide) groups is 1. The molecule has 2 heterocycles. The molecular formula is C24H23N3O3S2. The highest BCUT2D eigenvalue weighted by atomic mass is 32.2. The fourth-order valence-corrected chi connectivity index (χ4v) is 5.25. The molecule has 0 fully saturated rings. The van der Waals surface area contributed by atoms with Crippen molar-refractivity contribution in [2.24, 2.45) is 0 Å². The first-order chi connectivity index (χ1) is 15.2. The molecule has 0 aliphatic rings. The zero-order valence-electron chi connectivity index (χ0n) is 18.2. The van der Waals surface area contributed by atoms with E-state index in [1.54, 1.807) is 12.1 Å². The van der Waals surface area contributed by atoms with E-state index in [2.05, 4.69) is 41.3 Å². The first-order valence-corrected chi connectivity index (χ1v) is 11.9. The quantitative estimate of drug-likeness (QED) is 0.211. The van der Waals surface area contributed by atoms with Crippen molar-refractivity contribution in [3.8, 4) is 16.9 Å². The van der Waals surface area contributed by atoms with Gasteiger partial charge in [-0.15, -0.1) is 11.3 Å².